The molecule has 0 rings (SSSR count). The minimum Gasteiger partial charge on any atom is -0.466 e. The average Bonchev–Trinajstić information content (AvgIpc) is 2.02. The summed E-state index contributed by atoms with van der Waals surface area (Å²) in [5.74, 6) is -0.435. The summed E-state index contributed by atoms with van der Waals surface area (Å²) in [6, 6.07) is 0. The summed E-state index contributed by atoms with van der Waals surface area (Å²) in [5, 5.41) is 0. The topological polar surface area (TPSA) is 76.0 Å². The van der Waals surface area contributed by atoms with E-state index in [0.29, 0.717) is 6.61 Å². The first-order valence-corrected chi connectivity index (χ1v) is 5.95. The fourth-order valence-corrected chi connectivity index (χ4v) is 1.76. The molecule has 13 heavy (non-hydrogen) atoms. The Labute approximate surface area is 78.3 Å². The third-order valence-electron chi connectivity index (χ3n) is 1.25. The smallest absolute Gasteiger partial charge is 0.406 e. The van der Waals surface area contributed by atoms with Crippen LogP contribution in [0.3, 0.4) is 0 Å². The maximum absolute atomic E-state index is 10.8. The third kappa shape index (κ3) is 6.90. The van der Waals surface area contributed by atoms with Gasteiger partial charge in [0.25, 0.3) is 0 Å². The molecule has 0 aliphatic heterocycles. The SMILES string of the molecule is CCOC(=O)CC[P+](O)(O)OCC. The van der Waals surface area contributed by atoms with E-state index in [4.69, 9.17) is 9.79 Å². The lowest BCUT2D eigenvalue weighted by atomic mass is 10.5. The predicted molar refractivity (Wildman–Crippen MR) is 49.1 cm³/mol. The van der Waals surface area contributed by atoms with Crippen molar-refractivity contribution in [3.05, 3.63) is 0 Å². The Kier molecular flexibility index (Phi) is 6.16. The molecular formula is C7H16O5P+. The lowest BCUT2D eigenvalue weighted by Crippen LogP contribution is -2.10. The number of esters is 1. The quantitative estimate of drug-likeness (QED) is 0.500. The van der Waals surface area contributed by atoms with E-state index >= 15 is 0 Å². The summed E-state index contributed by atoms with van der Waals surface area (Å²) in [5.41, 5.74) is 0. The summed E-state index contributed by atoms with van der Waals surface area (Å²) < 4.78 is 9.29. The van der Waals surface area contributed by atoms with Crippen molar-refractivity contribution < 1.29 is 23.8 Å². The number of rotatable bonds is 6. The first kappa shape index (κ1) is 12.8. The van der Waals surface area contributed by atoms with E-state index in [0.717, 1.165) is 0 Å². The van der Waals surface area contributed by atoms with Gasteiger partial charge >= 0.3 is 13.9 Å². The number of carbonyl (C=O) groups is 1. The Bertz CT molecular complexity index is 159. The second-order valence-corrected chi connectivity index (χ2v) is 4.40. The summed E-state index contributed by atoms with van der Waals surface area (Å²) >= 11 is 0. The van der Waals surface area contributed by atoms with E-state index in [2.05, 4.69) is 9.26 Å². The van der Waals surface area contributed by atoms with Gasteiger partial charge in [0.1, 0.15) is 0 Å². The Morgan fingerprint density at radius 1 is 1.31 bits per heavy atom. The molecule has 6 heteroatoms. The number of hydrogen-bond donors (Lipinski definition) is 2. The zero-order chi connectivity index (χ0) is 10.3. The van der Waals surface area contributed by atoms with Gasteiger partial charge in [-0.25, -0.2) is 0 Å². The van der Waals surface area contributed by atoms with Gasteiger partial charge in [0.05, 0.1) is 19.6 Å². The standard InChI is InChI=1S/C7H16O5P/c1-3-11-7(8)5-6-13(9,10)12-4-2/h9-10H,3-6H2,1-2H3/q+1. The van der Waals surface area contributed by atoms with Crippen molar-refractivity contribution in [1.82, 2.24) is 0 Å². The van der Waals surface area contributed by atoms with Crippen molar-refractivity contribution in [2.75, 3.05) is 19.4 Å². The van der Waals surface area contributed by atoms with Gasteiger partial charge in [0.2, 0.25) is 0 Å². The molecule has 0 fully saturated rings. The molecule has 0 aliphatic rings. The summed E-state index contributed by atoms with van der Waals surface area (Å²) in [6.45, 7) is 3.88. The Morgan fingerprint density at radius 3 is 2.38 bits per heavy atom. The zero-order valence-corrected chi connectivity index (χ0v) is 8.79. The molecule has 0 unspecified atom stereocenters. The molecule has 0 saturated heterocycles. The van der Waals surface area contributed by atoms with Gasteiger partial charge in [0.15, 0.2) is 6.16 Å². The number of carbonyl (C=O) groups excluding carboxylic acids is 1. The summed E-state index contributed by atoms with van der Waals surface area (Å²) in [6.07, 6.45) is -0.0890. The highest BCUT2D eigenvalue weighted by Crippen LogP contribution is 2.51. The largest absolute Gasteiger partial charge is 0.466 e. The summed E-state index contributed by atoms with van der Waals surface area (Å²) in [4.78, 5) is 29.1. The second kappa shape index (κ2) is 6.27. The second-order valence-electron chi connectivity index (χ2n) is 2.36. The lowest BCUT2D eigenvalue weighted by molar-refractivity contribution is -0.142. The van der Waals surface area contributed by atoms with E-state index in [1.54, 1.807) is 13.8 Å². The Balaban J connectivity index is 3.67. The Morgan fingerprint density at radius 2 is 1.92 bits per heavy atom. The minimum atomic E-state index is -3.32. The van der Waals surface area contributed by atoms with E-state index in [-0.39, 0.29) is 19.2 Å². The van der Waals surface area contributed by atoms with Gasteiger partial charge in [-0.3, -0.25) is 4.79 Å². The van der Waals surface area contributed by atoms with Crippen LogP contribution in [0.1, 0.15) is 20.3 Å². The molecule has 0 aromatic rings. The molecule has 0 aromatic heterocycles. The van der Waals surface area contributed by atoms with Crippen molar-refractivity contribution >= 4 is 13.9 Å². The first-order valence-electron chi connectivity index (χ1n) is 4.15. The van der Waals surface area contributed by atoms with E-state index < -0.39 is 13.9 Å². The minimum absolute atomic E-state index is 0.0192. The zero-order valence-electron chi connectivity index (χ0n) is 7.89. The lowest BCUT2D eigenvalue weighted by Gasteiger charge is -2.09. The van der Waals surface area contributed by atoms with Gasteiger partial charge in [-0.1, -0.05) is 0 Å². The number of hydrogen-bond acceptors (Lipinski definition) is 5. The maximum atomic E-state index is 10.8. The van der Waals surface area contributed by atoms with Gasteiger partial charge in [0, 0.05) is 0 Å². The highest BCUT2D eigenvalue weighted by molar-refractivity contribution is 7.59. The van der Waals surface area contributed by atoms with Crippen LogP contribution in [0.5, 0.6) is 0 Å². The molecule has 0 bridgehead atoms. The number of ether oxygens (including phenoxy) is 1. The van der Waals surface area contributed by atoms with Crippen molar-refractivity contribution in [2.24, 2.45) is 0 Å². The van der Waals surface area contributed by atoms with Gasteiger partial charge in [-0.15, -0.1) is 0 Å². The van der Waals surface area contributed by atoms with Crippen LogP contribution in [0.4, 0.5) is 0 Å². The van der Waals surface area contributed by atoms with Crippen LogP contribution >= 0.6 is 7.94 Å². The third-order valence-corrected chi connectivity index (χ3v) is 2.73. The average molecular weight is 211 g/mol. The monoisotopic (exact) mass is 211 g/mol. The molecule has 78 valence electrons. The van der Waals surface area contributed by atoms with Crippen LogP contribution in [-0.2, 0) is 14.1 Å². The van der Waals surface area contributed by atoms with Gasteiger partial charge < -0.3 is 4.74 Å². The van der Waals surface area contributed by atoms with Crippen LogP contribution in [0, 0.1) is 0 Å². The fraction of sp³-hybridized carbons (Fsp3) is 0.857. The highest BCUT2D eigenvalue weighted by atomic mass is 31.2. The van der Waals surface area contributed by atoms with E-state index in [9.17, 15) is 4.79 Å². The maximum Gasteiger partial charge on any atom is 0.406 e. The van der Waals surface area contributed by atoms with E-state index in [1.165, 1.54) is 0 Å². The highest BCUT2D eigenvalue weighted by Gasteiger charge is 2.35. The molecule has 0 saturated carbocycles. The molecule has 0 radical (unpaired) electrons. The Hall–Kier alpha value is -0.220. The van der Waals surface area contributed by atoms with Gasteiger partial charge in [-0.05, 0) is 13.8 Å². The molecule has 5 nitrogen and oxygen atoms in total. The van der Waals surface area contributed by atoms with Gasteiger partial charge in [-0.2, -0.15) is 14.3 Å². The van der Waals surface area contributed by atoms with Crippen LogP contribution in [-0.4, -0.2) is 35.1 Å². The molecule has 0 aromatic carbocycles. The molecule has 0 atom stereocenters. The van der Waals surface area contributed by atoms with Crippen molar-refractivity contribution in [1.29, 1.82) is 0 Å². The van der Waals surface area contributed by atoms with Crippen LogP contribution in [0.2, 0.25) is 0 Å². The molecule has 0 amide bonds. The van der Waals surface area contributed by atoms with Crippen LogP contribution < -0.4 is 0 Å². The van der Waals surface area contributed by atoms with Crippen molar-refractivity contribution in [3.8, 4) is 0 Å². The molecule has 0 spiro atoms. The van der Waals surface area contributed by atoms with Crippen LogP contribution in [0.25, 0.3) is 0 Å². The van der Waals surface area contributed by atoms with Crippen LogP contribution in [0.15, 0.2) is 0 Å². The molecule has 0 aliphatic carbocycles. The fourth-order valence-electron chi connectivity index (χ4n) is 0.741. The molecule has 2 N–H and O–H groups in total. The van der Waals surface area contributed by atoms with Crippen molar-refractivity contribution in [3.63, 3.8) is 0 Å². The normalized spacial score (nSPS) is 11.4. The summed E-state index contributed by atoms with van der Waals surface area (Å²) in [7, 11) is -3.32. The first-order chi connectivity index (χ1) is 6.02. The molecule has 0 heterocycles. The van der Waals surface area contributed by atoms with E-state index in [1.807, 2.05) is 0 Å². The molecular weight excluding hydrogens is 195 g/mol. The van der Waals surface area contributed by atoms with Crippen molar-refractivity contribution in [2.45, 2.75) is 20.3 Å². The predicted octanol–water partition coefficient (Wildman–Crippen LogP) is 0.723.